The van der Waals surface area contributed by atoms with Crippen molar-refractivity contribution in [3.63, 3.8) is 0 Å². The largest absolute Gasteiger partial charge is 0.325 e. The first-order chi connectivity index (χ1) is 12.9. The molecule has 0 bridgehead atoms. The molecule has 1 heterocycles. The number of sulfonamides is 1. The van der Waals surface area contributed by atoms with Gasteiger partial charge in [0, 0.05) is 19.5 Å². The van der Waals surface area contributed by atoms with E-state index in [1.165, 1.54) is 4.31 Å². The van der Waals surface area contributed by atoms with Crippen molar-refractivity contribution in [2.24, 2.45) is 0 Å². The van der Waals surface area contributed by atoms with E-state index in [4.69, 9.17) is 23.2 Å². The molecule has 0 aromatic heterocycles. The van der Waals surface area contributed by atoms with Gasteiger partial charge in [0.15, 0.2) is 0 Å². The highest BCUT2D eigenvalue weighted by Crippen LogP contribution is 2.29. The number of amides is 1. The minimum atomic E-state index is -3.41. The molecule has 1 aliphatic rings. The summed E-state index contributed by atoms with van der Waals surface area (Å²) in [5.41, 5.74) is 1.36. The van der Waals surface area contributed by atoms with Crippen LogP contribution in [-0.4, -0.2) is 31.7 Å². The Balaban J connectivity index is 1.58. The fourth-order valence-electron chi connectivity index (χ4n) is 2.98. The lowest BCUT2D eigenvalue weighted by Crippen LogP contribution is -2.27. The number of aryl methyl sites for hydroxylation is 1. The summed E-state index contributed by atoms with van der Waals surface area (Å²) in [6.45, 7) is 1.16. The Morgan fingerprint density at radius 2 is 1.70 bits per heavy atom. The van der Waals surface area contributed by atoms with Crippen molar-refractivity contribution in [1.82, 2.24) is 4.31 Å². The van der Waals surface area contributed by atoms with E-state index in [1.807, 2.05) is 0 Å². The normalized spacial score (nSPS) is 15.0. The molecule has 144 valence electrons. The Morgan fingerprint density at radius 1 is 1.04 bits per heavy atom. The molecule has 0 atom stereocenters. The minimum absolute atomic E-state index is 0.187. The first-order valence-corrected chi connectivity index (χ1v) is 10.9. The van der Waals surface area contributed by atoms with Crippen LogP contribution >= 0.6 is 23.2 Å². The fraction of sp³-hybridized carbons (Fsp3) is 0.316. The van der Waals surface area contributed by atoms with E-state index in [1.54, 1.807) is 42.5 Å². The van der Waals surface area contributed by atoms with Gasteiger partial charge < -0.3 is 5.32 Å². The summed E-state index contributed by atoms with van der Waals surface area (Å²) >= 11 is 12.0. The zero-order valence-electron chi connectivity index (χ0n) is 14.6. The number of hydrogen-bond acceptors (Lipinski definition) is 3. The molecule has 2 aromatic rings. The second kappa shape index (κ2) is 8.61. The van der Waals surface area contributed by atoms with Gasteiger partial charge in [-0.3, -0.25) is 4.79 Å². The highest BCUT2D eigenvalue weighted by atomic mass is 35.5. The Kier molecular flexibility index (Phi) is 6.42. The van der Waals surface area contributed by atoms with E-state index in [0.717, 1.165) is 18.4 Å². The summed E-state index contributed by atoms with van der Waals surface area (Å²) in [7, 11) is -3.41. The van der Waals surface area contributed by atoms with Gasteiger partial charge in [-0.15, -0.1) is 0 Å². The van der Waals surface area contributed by atoms with Crippen molar-refractivity contribution in [2.45, 2.75) is 30.6 Å². The number of nitrogens with zero attached hydrogens (tertiary/aromatic N) is 1. The molecule has 3 rings (SSSR count). The molecule has 2 aromatic carbocycles. The highest BCUT2D eigenvalue weighted by molar-refractivity contribution is 7.89. The number of hydrogen-bond donors (Lipinski definition) is 1. The van der Waals surface area contributed by atoms with Crippen molar-refractivity contribution in [3.8, 4) is 0 Å². The third kappa shape index (κ3) is 4.82. The summed E-state index contributed by atoms with van der Waals surface area (Å²) in [6.07, 6.45) is 2.56. The SMILES string of the molecule is O=C(CCc1ccc(S(=O)(=O)N2CCCC2)cc1)Nc1cccc(Cl)c1Cl. The van der Waals surface area contributed by atoms with Crippen LogP contribution in [0.5, 0.6) is 0 Å². The number of benzene rings is 2. The van der Waals surface area contributed by atoms with Crippen molar-refractivity contribution < 1.29 is 13.2 Å². The lowest BCUT2D eigenvalue weighted by molar-refractivity contribution is -0.116. The predicted molar refractivity (Wildman–Crippen MR) is 108 cm³/mol. The molecule has 0 aliphatic carbocycles. The van der Waals surface area contributed by atoms with Crippen LogP contribution < -0.4 is 5.32 Å². The fourth-order valence-corrected chi connectivity index (χ4v) is 4.84. The average molecular weight is 427 g/mol. The standard InChI is InChI=1S/C19H20Cl2N2O3S/c20-16-4-3-5-17(19(16)21)22-18(24)11-8-14-6-9-15(10-7-14)27(25,26)23-12-1-2-13-23/h3-7,9-10H,1-2,8,11-13H2,(H,22,24). The maximum Gasteiger partial charge on any atom is 0.243 e. The third-order valence-electron chi connectivity index (χ3n) is 4.49. The minimum Gasteiger partial charge on any atom is -0.325 e. The Morgan fingerprint density at radius 3 is 2.37 bits per heavy atom. The van der Waals surface area contributed by atoms with Gasteiger partial charge in [0.05, 0.1) is 20.6 Å². The molecule has 27 heavy (non-hydrogen) atoms. The van der Waals surface area contributed by atoms with Crippen molar-refractivity contribution in [1.29, 1.82) is 0 Å². The molecule has 1 aliphatic heterocycles. The zero-order valence-corrected chi connectivity index (χ0v) is 16.9. The maximum absolute atomic E-state index is 12.5. The molecular weight excluding hydrogens is 407 g/mol. The number of nitrogens with one attached hydrogen (secondary N) is 1. The molecule has 0 unspecified atom stereocenters. The molecule has 1 fully saturated rings. The van der Waals surface area contributed by atoms with Crippen molar-refractivity contribution in [3.05, 3.63) is 58.1 Å². The van der Waals surface area contributed by atoms with Gasteiger partial charge in [0.2, 0.25) is 15.9 Å². The summed E-state index contributed by atoms with van der Waals surface area (Å²) in [6, 6.07) is 11.8. The number of halogens is 2. The van der Waals surface area contributed by atoms with Gasteiger partial charge in [-0.2, -0.15) is 4.31 Å². The Bertz CT molecular complexity index is 924. The van der Waals surface area contributed by atoms with Crippen LogP contribution in [0.4, 0.5) is 5.69 Å². The third-order valence-corrected chi connectivity index (χ3v) is 7.22. The van der Waals surface area contributed by atoms with E-state index in [-0.39, 0.29) is 12.3 Å². The topological polar surface area (TPSA) is 66.5 Å². The molecule has 0 spiro atoms. The van der Waals surface area contributed by atoms with Crippen LogP contribution in [0.25, 0.3) is 0 Å². The van der Waals surface area contributed by atoms with Crippen LogP contribution in [0.1, 0.15) is 24.8 Å². The predicted octanol–water partition coefficient (Wildman–Crippen LogP) is 4.35. The smallest absolute Gasteiger partial charge is 0.243 e. The van der Waals surface area contributed by atoms with E-state index in [9.17, 15) is 13.2 Å². The van der Waals surface area contributed by atoms with Crippen molar-refractivity contribution in [2.75, 3.05) is 18.4 Å². The Labute approximate surface area is 169 Å². The van der Waals surface area contributed by atoms with Gasteiger partial charge >= 0.3 is 0 Å². The van der Waals surface area contributed by atoms with Crippen molar-refractivity contribution >= 4 is 44.8 Å². The highest BCUT2D eigenvalue weighted by Gasteiger charge is 2.26. The van der Waals surface area contributed by atoms with Gasteiger partial charge in [0.1, 0.15) is 0 Å². The van der Waals surface area contributed by atoms with Gasteiger partial charge in [-0.25, -0.2) is 8.42 Å². The average Bonchev–Trinajstić information content (AvgIpc) is 3.20. The number of carbonyl (C=O) groups excluding carboxylic acids is 1. The van der Waals surface area contributed by atoms with E-state index < -0.39 is 10.0 Å². The molecule has 1 saturated heterocycles. The molecular formula is C19H20Cl2N2O3S. The van der Waals surface area contributed by atoms with E-state index >= 15 is 0 Å². The number of anilines is 1. The monoisotopic (exact) mass is 426 g/mol. The molecule has 0 radical (unpaired) electrons. The van der Waals surface area contributed by atoms with Gasteiger partial charge in [0.25, 0.3) is 0 Å². The lowest BCUT2D eigenvalue weighted by atomic mass is 10.1. The van der Waals surface area contributed by atoms with Crippen LogP contribution in [0.15, 0.2) is 47.4 Å². The number of carbonyl (C=O) groups is 1. The summed E-state index contributed by atoms with van der Waals surface area (Å²) in [4.78, 5) is 12.4. The van der Waals surface area contributed by atoms with E-state index in [2.05, 4.69) is 5.32 Å². The first kappa shape index (κ1) is 20.1. The van der Waals surface area contributed by atoms with Crippen LogP contribution in [0.2, 0.25) is 10.0 Å². The molecule has 1 N–H and O–H groups in total. The van der Waals surface area contributed by atoms with Crippen LogP contribution in [-0.2, 0) is 21.2 Å². The lowest BCUT2D eigenvalue weighted by Gasteiger charge is -2.15. The quantitative estimate of drug-likeness (QED) is 0.746. The second-order valence-corrected chi connectivity index (χ2v) is 9.13. The number of rotatable bonds is 6. The molecule has 1 amide bonds. The molecule has 5 nitrogen and oxygen atoms in total. The Hall–Kier alpha value is -1.60. The molecule has 0 saturated carbocycles. The maximum atomic E-state index is 12.5. The first-order valence-electron chi connectivity index (χ1n) is 8.71. The van der Waals surface area contributed by atoms with Gasteiger partial charge in [-0.05, 0) is 49.1 Å². The van der Waals surface area contributed by atoms with Crippen LogP contribution in [0.3, 0.4) is 0 Å². The zero-order chi connectivity index (χ0) is 19.4. The summed E-state index contributed by atoms with van der Waals surface area (Å²) in [5, 5.41) is 3.42. The van der Waals surface area contributed by atoms with E-state index in [0.29, 0.717) is 40.1 Å². The summed E-state index contributed by atoms with van der Waals surface area (Å²) < 4.78 is 26.5. The van der Waals surface area contributed by atoms with Gasteiger partial charge in [-0.1, -0.05) is 41.4 Å². The summed E-state index contributed by atoms with van der Waals surface area (Å²) in [5.74, 6) is -0.187. The second-order valence-electron chi connectivity index (χ2n) is 6.40. The van der Waals surface area contributed by atoms with Crippen LogP contribution in [0, 0.1) is 0 Å². The molecule has 8 heteroatoms.